The smallest absolute Gasteiger partial charge is 0.338 e. The topological polar surface area (TPSA) is 111 Å². The molecule has 27 heavy (non-hydrogen) atoms. The average molecular weight is 380 g/mol. The second-order valence-electron chi connectivity index (χ2n) is 5.40. The molecule has 0 aliphatic rings. The normalized spacial score (nSPS) is 9.93. The lowest BCUT2D eigenvalue weighted by molar-refractivity contribution is -0.136. The molecule has 1 N–H and O–H groups in total. The summed E-state index contributed by atoms with van der Waals surface area (Å²) < 4.78 is 15.3. The van der Waals surface area contributed by atoms with Crippen LogP contribution in [0.4, 0.5) is 0 Å². The van der Waals surface area contributed by atoms with E-state index in [1.807, 2.05) is 0 Å². The minimum atomic E-state index is -0.628. The Bertz CT molecular complexity index is 667. The molecule has 0 heterocycles. The molecule has 2 amide bonds. The fourth-order valence-corrected chi connectivity index (χ4v) is 1.98. The molecule has 0 unspecified atom stereocenters. The highest BCUT2D eigenvalue weighted by Gasteiger charge is 2.17. The lowest BCUT2D eigenvalue weighted by atomic mass is 10.1. The summed E-state index contributed by atoms with van der Waals surface area (Å²) in [6.45, 7) is 3.16. The second-order valence-corrected chi connectivity index (χ2v) is 5.40. The van der Waals surface area contributed by atoms with Crippen LogP contribution in [0.25, 0.3) is 0 Å². The largest absolute Gasteiger partial charge is 0.484 e. The maximum Gasteiger partial charge on any atom is 0.338 e. The van der Waals surface area contributed by atoms with Gasteiger partial charge in [0.25, 0.3) is 5.91 Å². The van der Waals surface area contributed by atoms with Gasteiger partial charge in [0, 0.05) is 14.1 Å². The molecule has 0 radical (unpaired) electrons. The van der Waals surface area contributed by atoms with Crippen molar-refractivity contribution >= 4 is 23.8 Å². The van der Waals surface area contributed by atoms with Crippen molar-refractivity contribution in [2.45, 2.75) is 13.8 Å². The van der Waals surface area contributed by atoms with E-state index >= 15 is 0 Å². The van der Waals surface area contributed by atoms with Crippen LogP contribution in [0.5, 0.6) is 5.75 Å². The lowest BCUT2D eigenvalue weighted by Gasteiger charge is -2.17. The Morgan fingerprint density at radius 2 is 1.48 bits per heavy atom. The third-order valence-electron chi connectivity index (χ3n) is 3.38. The number of hydrogen-bond donors (Lipinski definition) is 1. The van der Waals surface area contributed by atoms with Gasteiger partial charge in [0.1, 0.15) is 5.75 Å². The summed E-state index contributed by atoms with van der Waals surface area (Å²) in [6, 6.07) is 4.07. The predicted octanol–water partition coefficient (Wildman–Crippen LogP) is 0.623. The van der Waals surface area contributed by atoms with Crippen LogP contribution in [0.2, 0.25) is 0 Å². The van der Waals surface area contributed by atoms with Crippen LogP contribution >= 0.6 is 0 Å². The van der Waals surface area contributed by atoms with E-state index in [2.05, 4.69) is 5.32 Å². The Kier molecular flexibility index (Phi) is 8.77. The van der Waals surface area contributed by atoms with Crippen LogP contribution in [0, 0.1) is 0 Å². The van der Waals surface area contributed by atoms with Gasteiger partial charge in [-0.05, 0) is 32.0 Å². The van der Waals surface area contributed by atoms with Crippen molar-refractivity contribution < 1.29 is 33.4 Å². The zero-order chi connectivity index (χ0) is 20.4. The highest BCUT2D eigenvalue weighted by molar-refractivity contribution is 5.96. The van der Waals surface area contributed by atoms with Gasteiger partial charge in [-0.1, -0.05) is 0 Å². The van der Waals surface area contributed by atoms with E-state index in [0.717, 1.165) is 0 Å². The Labute approximate surface area is 157 Å². The molecule has 1 aromatic rings. The van der Waals surface area contributed by atoms with Gasteiger partial charge in [-0.25, -0.2) is 9.59 Å². The van der Waals surface area contributed by atoms with Gasteiger partial charge < -0.3 is 24.4 Å². The number of nitrogens with one attached hydrogen (secondary N) is 1. The van der Waals surface area contributed by atoms with E-state index in [1.165, 1.54) is 37.2 Å². The Balaban J connectivity index is 2.94. The van der Waals surface area contributed by atoms with Crippen molar-refractivity contribution in [2.75, 3.05) is 40.5 Å². The summed E-state index contributed by atoms with van der Waals surface area (Å²) in [6.07, 6.45) is 0. The quantitative estimate of drug-likeness (QED) is 0.625. The molecule has 0 saturated heterocycles. The third-order valence-corrected chi connectivity index (χ3v) is 3.38. The van der Waals surface area contributed by atoms with E-state index in [0.29, 0.717) is 0 Å². The molecule has 0 fully saturated rings. The van der Waals surface area contributed by atoms with Gasteiger partial charge in [0.15, 0.2) is 6.61 Å². The van der Waals surface area contributed by atoms with E-state index in [9.17, 15) is 19.2 Å². The van der Waals surface area contributed by atoms with Crippen molar-refractivity contribution in [1.29, 1.82) is 0 Å². The van der Waals surface area contributed by atoms with Crippen LogP contribution in [0.3, 0.4) is 0 Å². The summed E-state index contributed by atoms with van der Waals surface area (Å²) in [4.78, 5) is 48.5. The molecule has 9 heteroatoms. The van der Waals surface area contributed by atoms with E-state index < -0.39 is 17.8 Å². The number of nitrogens with zero attached hydrogens (tertiary/aromatic N) is 1. The molecule has 0 bridgehead atoms. The number of amides is 2. The molecule has 1 rings (SSSR count). The third kappa shape index (κ3) is 6.96. The van der Waals surface area contributed by atoms with Crippen molar-refractivity contribution in [3.05, 3.63) is 29.3 Å². The molecule has 0 spiro atoms. The number of carbonyl (C=O) groups excluding carboxylic acids is 4. The van der Waals surface area contributed by atoms with Crippen molar-refractivity contribution in [3.8, 4) is 5.75 Å². The standard InChI is InChI=1S/C18H24N2O7/c1-5-25-17(23)12-7-13(18(24)26-6-2)9-14(8-12)27-11-16(22)20(4)10-15(21)19-3/h7-9H,5-6,10-11H2,1-4H3,(H,19,21). The number of likely N-dealkylation sites (N-methyl/N-ethyl adjacent to an activating group) is 2. The van der Waals surface area contributed by atoms with Gasteiger partial charge in [0.05, 0.1) is 30.9 Å². The summed E-state index contributed by atoms with van der Waals surface area (Å²) in [5.41, 5.74) is 0.201. The molecule has 0 aromatic heterocycles. The summed E-state index contributed by atoms with van der Waals surface area (Å²) in [5, 5.41) is 2.41. The predicted molar refractivity (Wildman–Crippen MR) is 95.6 cm³/mol. The van der Waals surface area contributed by atoms with Crippen molar-refractivity contribution in [3.63, 3.8) is 0 Å². The monoisotopic (exact) mass is 380 g/mol. The highest BCUT2D eigenvalue weighted by atomic mass is 16.5. The first kappa shape index (κ1) is 21.9. The molecule has 0 atom stereocenters. The number of carbonyl (C=O) groups is 4. The maximum absolute atomic E-state index is 12.0. The number of ether oxygens (including phenoxy) is 3. The molecule has 0 saturated carbocycles. The molecule has 9 nitrogen and oxygen atoms in total. The van der Waals surface area contributed by atoms with Crippen LogP contribution in [-0.2, 0) is 19.1 Å². The maximum atomic E-state index is 12.0. The lowest BCUT2D eigenvalue weighted by Crippen LogP contribution is -2.39. The van der Waals surface area contributed by atoms with Crippen molar-refractivity contribution in [2.24, 2.45) is 0 Å². The Morgan fingerprint density at radius 3 is 1.93 bits per heavy atom. The number of benzene rings is 1. The fraction of sp³-hybridized carbons (Fsp3) is 0.444. The summed E-state index contributed by atoms with van der Waals surface area (Å²) in [5.74, 6) is -1.89. The van der Waals surface area contributed by atoms with Crippen LogP contribution < -0.4 is 10.1 Å². The van der Waals surface area contributed by atoms with Crippen LogP contribution in [0.15, 0.2) is 18.2 Å². The number of hydrogen-bond acceptors (Lipinski definition) is 7. The van der Waals surface area contributed by atoms with Crippen molar-refractivity contribution in [1.82, 2.24) is 10.2 Å². The van der Waals surface area contributed by atoms with Crippen LogP contribution in [0.1, 0.15) is 34.6 Å². The fourth-order valence-electron chi connectivity index (χ4n) is 1.98. The molecule has 1 aromatic carbocycles. The highest BCUT2D eigenvalue weighted by Crippen LogP contribution is 2.19. The zero-order valence-corrected chi connectivity index (χ0v) is 15.9. The average Bonchev–Trinajstić information content (AvgIpc) is 2.65. The summed E-state index contributed by atoms with van der Waals surface area (Å²) in [7, 11) is 2.93. The molecule has 0 aliphatic heterocycles. The van der Waals surface area contributed by atoms with Gasteiger partial charge >= 0.3 is 11.9 Å². The molecule has 0 aliphatic carbocycles. The van der Waals surface area contributed by atoms with E-state index in [4.69, 9.17) is 14.2 Å². The van der Waals surface area contributed by atoms with Gasteiger partial charge in [0.2, 0.25) is 5.91 Å². The zero-order valence-electron chi connectivity index (χ0n) is 15.9. The number of esters is 2. The Morgan fingerprint density at radius 1 is 0.963 bits per heavy atom. The van der Waals surface area contributed by atoms with Crippen LogP contribution in [-0.4, -0.2) is 69.1 Å². The molecular weight excluding hydrogens is 356 g/mol. The first-order valence-corrected chi connectivity index (χ1v) is 8.39. The van der Waals surface area contributed by atoms with E-state index in [1.54, 1.807) is 13.8 Å². The molecule has 148 valence electrons. The molecular formula is C18H24N2O7. The SMILES string of the molecule is CCOC(=O)c1cc(OCC(=O)N(C)CC(=O)NC)cc(C(=O)OCC)c1. The van der Waals surface area contributed by atoms with E-state index in [-0.39, 0.29) is 49.1 Å². The van der Waals surface area contributed by atoms with Gasteiger partial charge in [-0.2, -0.15) is 0 Å². The second kappa shape index (κ2) is 10.8. The summed E-state index contributed by atoms with van der Waals surface area (Å²) >= 11 is 0. The minimum absolute atomic E-state index is 0.101. The van der Waals surface area contributed by atoms with Gasteiger partial charge in [-0.15, -0.1) is 0 Å². The Hall–Kier alpha value is -3.10. The number of rotatable bonds is 9. The first-order valence-electron chi connectivity index (χ1n) is 8.39. The minimum Gasteiger partial charge on any atom is -0.484 e. The first-order chi connectivity index (χ1) is 12.8. The van der Waals surface area contributed by atoms with Gasteiger partial charge in [-0.3, -0.25) is 9.59 Å².